The van der Waals surface area contributed by atoms with Gasteiger partial charge in [-0.2, -0.15) is 0 Å². The van der Waals surface area contributed by atoms with Crippen molar-refractivity contribution in [3.63, 3.8) is 0 Å². The highest BCUT2D eigenvalue weighted by atomic mass is 16.2. The van der Waals surface area contributed by atoms with E-state index in [4.69, 9.17) is 0 Å². The van der Waals surface area contributed by atoms with Crippen molar-refractivity contribution in [2.45, 2.75) is 18.9 Å². The smallest absolute Gasteiger partial charge is 0.261 e. The SMILES string of the molecule is O=C1Nc2ccccc2CC[C@H]1n1cnc2ccccc2c1=O. The fraction of sp³-hybridized carbons (Fsp3) is 0.167. The van der Waals surface area contributed by atoms with E-state index in [1.807, 2.05) is 30.3 Å². The van der Waals surface area contributed by atoms with E-state index in [9.17, 15) is 9.59 Å². The van der Waals surface area contributed by atoms with Crippen molar-refractivity contribution in [2.75, 3.05) is 5.32 Å². The first-order valence-corrected chi connectivity index (χ1v) is 7.59. The van der Waals surface area contributed by atoms with Crippen LogP contribution in [0.1, 0.15) is 18.0 Å². The average molecular weight is 305 g/mol. The normalized spacial score (nSPS) is 17.4. The minimum absolute atomic E-state index is 0.172. The summed E-state index contributed by atoms with van der Waals surface area (Å²) in [6.07, 6.45) is 2.78. The Morgan fingerprint density at radius 3 is 2.74 bits per heavy atom. The summed E-state index contributed by atoms with van der Waals surface area (Å²) >= 11 is 0. The number of hydrogen-bond acceptors (Lipinski definition) is 3. The molecule has 5 nitrogen and oxygen atoms in total. The number of amides is 1. The highest BCUT2D eigenvalue weighted by Crippen LogP contribution is 2.26. The van der Waals surface area contributed by atoms with E-state index < -0.39 is 6.04 Å². The van der Waals surface area contributed by atoms with Crippen LogP contribution in [-0.4, -0.2) is 15.5 Å². The van der Waals surface area contributed by atoms with Crippen molar-refractivity contribution in [3.8, 4) is 0 Å². The van der Waals surface area contributed by atoms with Gasteiger partial charge in [0.05, 0.1) is 17.2 Å². The number of nitrogens with one attached hydrogen (secondary N) is 1. The van der Waals surface area contributed by atoms with Crippen LogP contribution in [0, 0.1) is 0 Å². The van der Waals surface area contributed by atoms with Crippen LogP contribution in [0.15, 0.2) is 59.7 Å². The number of rotatable bonds is 1. The van der Waals surface area contributed by atoms with Crippen molar-refractivity contribution in [1.82, 2.24) is 9.55 Å². The minimum Gasteiger partial charge on any atom is -0.324 e. The van der Waals surface area contributed by atoms with E-state index in [1.54, 1.807) is 18.2 Å². The summed E-state index contributed by atoms with van der Waals surface area (Å²) in [5.41, 5.74) is 2.37. The van der Waals surface area contributed by atoms with Gasteiger partial charge in [-0.05, 0) is 36.6 Å². The molecule has 0 aliphatic carbocycles. The fourth-order valence-electron chi connectivity index (χ4n) is 3.07. The van der Waals surface area contributed by atoms with Gasteiger partial charge < -0.3 is 5.32 Å². The van der Waals surface area contributed by atoms with E-state index >= 15 is 0 Å². The average Bonchev–Trinajstić information content (AvgIpc) is 2.74. The predicted octanol–water partition coefficient (Wildman–Crippen LogP) is 2.52. The van der Waals surface area contributed by atoms with Crippen molar-refractivity contribution >= 4 is 22.5 Å². The van der Waals surface area contributed by atoms with Crippen LogP contribution in [-0.2, 0) is 11.2 Å². The molecule has 0 spiro atoms. The summed E-state index contributed by atoms with van der Waals surface area (Å²) in [6, 6.07) is 14.4. The van der Waals surface area contributed by atoms with Crippen LogP contribution in [0.4, 0.5) is 5.69 Å². The molecule has 2 aromatic carbocycles. The highest BCUT2D eigenvalue weighted by Gasteiger charge is 2.26. The Morgan fingerprint density at radius 1 is 1.04 bits per heavy atom. The zero-order valence-electron chi connectivity index (χ0n) is 12.4. The van der Waals surface area contributed by atoms with Gasteiger partial charge in [-0.25, -0.2) is 4.98 Å². The number of aromatic nitrogens is 2. The standard InChI is InChI=1S/C18H15N3O2/c22-17-16(10-9-12-5-1-3-7-14(12)20-17)21-11-19-15-8-4-2-6-13(15)18(21)23/h1-8,11,16H,9-10H2,(H,20,22)/t16-/m1/s1. The monoisotopic (exact) mass is 305 g/mol. The summed E-state index contributed by atoms with van der Waals surface area (Å²) in [6.45, 7) is 0. The predicted molar refractivity (Wildman–Crippen MR) is 88.4 cm³/mol. The van der Waals surface area contributed by atoms with Crippen LogP contribution in [0.2, 0.25) is 0 Å². The molecule has 114 valence electrons. The van der Waals surface area contributed by atoms with E-state index in [-0.39, 0.29) is 11.5 Å². The molecular weight excluding hydrogens is 290 g/mol. The summed E-state index contributed by atoms with van der Waals surface area (Å²) in [4.78, 5) is 29.6. The molecule has 2 heterocycles. The number of anilines is 1. The molecule has 0 saturated heterocycles. The van der Waals surface area contributed by atoms with Gasteiger partial charge in [-0.3, -0.25) is 14.2 Å². The second kappa shape index (κ2) is 5.35. The second-order valence-corrected chi connectivity index (χ2v) is 5.68. The Kier molecular flexibility index (Phi) is 3.19. The van der Waals surface area contributed by atoms with Crippen LogP contribution >= 0.6 is 0 Å². The molecule has 3 aromatic rings. The molecule has 1 amide bonds. The number of nitrogens with zero attached hydrogens (tertiary/aromatic N) is 2. The van der Waals surface area contributed by atoms with E-state index in [0.29, 0.717) is 17.3 Å². The fourth-order valence-corrected chi connectivity index (χ4v) is 3.07. The minimum atomic E-state index is -0.549. The van der Waals surface area contributed by atoms with Crippen LogP contribution < -0.4 is 10.9 Å². The number of aryl methyl sites for hydroxylation is 1. The van der Waals surface area contributed by atoms with Gasteiger partial charge >= 0.3 is 0 Å². The van der Waals surface area contributed by atoms with Crippen molar-refractivity contribution < 1.29 is 4.79 Å². The summed E-state index contributed by atoms with van der Waals surface area (Å²) in [5, 5.41) is 3.45. The Balaban J connectivity index is 1.78. The van der Waals surface area contributed by atoms with Crippen LogP contribution in [0.25, 0.3) is 10.9 Å². The maximum absolute atomic E-state index is 12.7. The second-order valence-electron chi connectivity index (χ2n) is 5.68. The molecule has 1 N–H and O–H groups in total. The molecule has 1 aromatic heterocycles. The maximum Gasteiger partial charge on any atom is 0.261 e. The van der Waals surface area contributed by atoms with Crippen molar-refractivity contribution in [3.05, 3.63) is 70.8 Å². The van der Waals surface area contributed by atoms with Gasteiger partial charge in [-0.1, -0.05) is 30.3 Å². The summed E-state index contributed by atoms with van der Waals surface area (Å²) in [5.74, 6) is -0.172. The number of para-hydroxylation sites is 2. The zero-order valence-corrected chi connectivity index (χ0v) is 12.4. The molecule has 0 radical (unpaired) electrons. The number of fused-ring (bicyclic) bond motifs is 2. The number of carbonyl (C=O) groups is 1. The molecule has 23 heavy (non-hydrogen) atoms. The maximum atomic E-state index is 12.7. The van der Waals surface area contributed by atoms with Gasteiger partial charge in [0.25, 0.3) is 5.56 Å². The first kappa shape index (κ1) is 13.7. The van der Waals surface area contributed by atoms with Gasteiger partial charge in [0, 0.05) is 5.69 Å². The summed E-state index contributed by atoms with van der Waals surface area (Å²) in [7, 11) is 0. The molecule has 1 aliphatic heterocycles. The van der Waals surface area contributed by atoms with E-state index in [2.05, 4.69) is 10.3 Å². The lowest BCUT2D eigenvalue weighted by Crippen LogP contribution is -2.32. The Labute approximate surface area is 132 Å². The van der Waals surface area contributed by atoms with Crippen LogP contribution in [0.3, 0.4) is 0 Å². The van der Waals surface area contributed by atoms with Crippen molar-refractivity contribution in [2.24, 2.45) is 0 Å². The number of benzene rings is 2. The lowest BCUT2D eigenvalue weighted by atomic mass is 10.1. The Hall–Kier alpha value is -2.95. The topological polar surface area (TPSA) is 64.0 Å². The molecule has 0 saturated carbocycles. The van der Waals surface area contributed by atoms with E-state index in [0.717, 1.165) is 17.7 Å². The van der Waals surface area contributed by atoms with Gasteiger partial charge in [0.2, 0.25) is 5.91 Å². The molecular formula is C18H15N3O2. The Morgan fingerprint density at radius 2 is 1.83 bits per heavy atom. The van der Waals surface area contributed by atoms with E-state index in [1.165, 1.54) is 10.9 Å². The Bertz CT molecular complexity index is 962. The number of carbonyl (C=O) groups excluding carboxylic acids is 1. The van der Waals surface area contributed by atoms with Gasteiger partial charge in [0.15, 0.2) is 0 Å². The number of hydrogen-bond donors (Lipinski definition) is 1. The van der Waals surface area contributed by atoms with Gasteiger partial charge in [0.1, 0.15) is 6.04 Å². The molecule has 0 unspecified atom stereocenters. The molecule has 4 rings (SSSR count). The molecule has 1 atom stereocenters. The lowest BCUT2D eigenvalue weighted by molar-refractivity contribution is -0.119. The quantitative estimate of drug-likeness (QED) is 0.751. The van der Waals surface area contributed by atoms with Crippen molar-refractivity contribution in [1.29, 1.82) is 0 Å². The molecule has 5 heteroatoms. The highest BCUT2D eigenvalue weighted by molar-refractivity contribution is 5.95. The third-order valence-electron chi connectivity index (χ3n) is 4.29. The van der Waals surface area contributed by atoms with Crippen LogP contribution in [0.5, 0.6) is 0 Å². The molecule has 0 bridgehead atoms. The van der Waals surface area contributed by atoms with Gasteiger partial charge in [-0.15, -0.1) is 0 Å². The zero-order chi connectivity index (χ0) is 15.8. The summed E-state index contributed by atoms with van der Waals surface area (Å²) < 4.78 is 1.45. The third-order valence-corrected chi connectivity index (χ3v) is 4.29. The largest absolute Gasteiger partial charge is 0.324 e. The first-order chi connectivity index (χ1) is 11.2. The first-order valence-electron chi connectivity index (χ1n) is 7.59. The third kappa shape index (κ3) is 2.30. The molecule has 1 aliphatic rings. The lowest BCUT2D eigenvalue weighted by Gasteiger charge is -2.16. The molecule has 0 fully saturated rings.